The Morgan fingerprint density at radius 3 is 2.56 bits per heavy atom. The van der Waals surface area contributed by atoms with Crippen LogP contribution in [0.5, 0.6) is 0 Å². The van der Waals surface area contributed by atoms with Crippen LogP contribution in [0.1, 0.15) is 32.3 Å². The van der Waals surface area contributed by atoms with Crippen molar-refractivity contribution in [3.05, 3.63) is 48.0 Å². The standard InChI is InChI=1S/C15H20O3/c1-3-5-12-18-15(11-4-2,14(16)17)13-9-7-6-8-10-13/h3,5-10H,4,11-12H2,1-2H3,(H,16,17). The summed E-state index contributed by atoms with van der Waals surface area (Å²) in [5, 5.41) is 9.56. The Hall–Kier alpha value is -1.61. The van der Waals surface area contributed by atoms with Gasteiger partial charge in [-0.05, 0) is 18.9 Å². The van der Waals surface area contributed by atoms with Gasteiger partial charge in [0, 0.05) is 0 Å². The Morgan fingerprint density at radius 2 is 2.06 bits per heavy atom. The average molecular weight is 248 g/mol. The fourth-order valence-electron chi connectivity index (χ4n) is 1.94. The zero-order valence-electron chi connectivity index (χ0n) is 10.9. The maximum absolute atomic E-state index is 11.7. The first-order chi connectivity index (χ1) is 8.67. The summed E-state index contributed by atoms with van der Waals surface area (Å²) in [7, 11) is 0. The molecular weight excluding hydrogens is 228 g/mol. The molecule has 0 fully saturated rings. The maximum Gasteiger partial charge on any atom is 0.340 e. The molecule has 0 saturated carbocycles. The van der Waals surface area contributed by atoms with E-state index in [1.165, 1.54) is 0 Å². The minimum Gasteiger partial charge on any atom is -0.479 e. The Morgan fingerprint density at radius 1 is 1.39 bits per heavy atom. The summed E-state index contributed by atoms with van der Waals surface area (Å²) >= 11 is 0. The van der Waals surface area contributed by atoms with Crippen molar-refractivity contribution in [1.29, 1.82) is 0 Å². The van der Waals surface area contributed by atoms with Crippen molar-refractivity contribution in [3.8, 4) is 0 Å². The Bertz CT molecular complexity index is 397. The molecule has 0 aliphatic heterocycles. The Labute approximate surface area is 108 Å². The smallest absolute Gasteiger partial charge is 0.340 e. The average Bonchev–Trinajstić information content (AvgIpc) is 2.38. The van der Waals surface area contributed by atoms with Crippen molar-refractivity contribution in [2.45, 2.75) is 32.3 Å². The molecule has 1 rings (SSSR count). The van der Waals surface area contributed by atoms with Crippen LogP contribution >= 0.6 is 0 Å². The second-order valence-corrected chi connectivity index (χ2v) is 4.13. The number of hydrogen-bond acceptors (Lipinski definition) is 2. The lowest BCUT2D eigenvalue weighted by molar-refractivity contribution is -0.167. The molecule has 0 heterocycles. The van der Waals surface area contributed by atoms with Gasteiger partial charge in [-0.3, -0.25) is 0 Å². The largest absolute Gasteiger partial charge is 0.479 e. The molecule has 3 heteroatoms. The van der Waals surface area contributed by atoms with Crippen LogP contribution < -0.4 is 0 Å². The molecule has 1 aromatic rings. The highest BCUT2D eigenvalue weighted by Crippen LogP contribution is 2.31. The van der Waals surface area contributed by atoms with Crippen LogP contribution in [-0.4, -0.2) is 17.7 Å². The first-order valence-electron chi connectivity index (χ1n) is 6.21. The molecule has 1 atom stereocenters. The van der Waals surface area contributed by atoms with Crippen molar-refractivity contribution in [2.75, 3.05) is 6.61 Å². The third kappa shape index (κ3) is 3.20. The van der Waals surface area contributed by atoms with E-state index in [4.69, 9.17) is 4.74 Å². The summed E-state index contributed by atoms with van der Waals surface area (Å²) in [5.41, 5.74) is -0.543. The van der Waals surface area contributed by atoms with Crippen LogP contribution in [0.15, 0.2) is 42.5 Å². The molecule has 0 aliphatic carbocycles. The van der Waals surface area contributed by atoms with Gasteiger partial charge in [-0.1, -0.05) is 55.8 Å². The van der Waals surface area contributed by atoms with Gasteiger partial charge in [-0.2, -0.15) is 0 Å². The molecular formula is C15H20O3. The molecule has 18 heavy (non-hydrogen) atoms. The van der Waals surface area contributed by atoms with E-state index in [0.717, 1.165) is 6.42 Å². The molecule has 0 bridgehead atoms. The van der Waals surface area contributed by atoms with E-state index >= 15 is 0 Å². The molecule has 3 nitrogen and oxygen atoms in total. The molecule has 1 aromatic carbocycles. The molecule has 98 valence electrons. The van der Waals surface area contributed by atoms with Gasteiger partial charge in [0.2, 0.25) is 0 Å². The highest BCUT2D eigenvalue weighted by atomic mass is 16.5. The SMILES string of the molecule is CC=CCOC(CCC)(C(=O)O)c1ccccc1. The zero-order valence-corrected chi connectivity index (χ0v) is 10.9. The van der Waals surface area contributed by atoms with E-state index in [9.17, 15) is 9.90 Å². The highest BCUT2D eigenvalue weighted by molar-refractivity contribution is 5.79. The van der Waals surface area contributed by atoms with E-state index < -0.39 is 11.6 Å². The minimum atomic E-state index is -1.24. The van der Waals surface area contributed by atoms with Gasteiger partial charge in [0.05, 0.1) is 6.61 Å². The van der Waals surface area contributed by atoms with Crippen LogP contribution in [-0.2, 0) is 15.1 Å². The Balaban J connectivity index is 3.08. The van der Waals surface area contributed by atoms with Crippen LogP contribution in [0.4, 0.5) is 0 Å². The second-order valence-electron chi connectivity index (χ2n) is 4.13. The topological polar surface area (TPSA) is 46.5 Å². The molecule has 1 N–H and O–H groups in total. The third-order valence-electron chi connectivity index (χ3n) is 2.85. The van der Waals surface area contributed by atoms with Gasteiger partial charge in [0.15, 0.2) is 5.60 Å². The second kappa shape index (κ2) is 6.97. The molecule has 0 saturated heterocycles. The number of hydrogen-bond donors (Lipinski definition) is 1. The lowest BCUT2D eigenvalue weighted by Gasteiger charge is -2.29. The van der Waals surface area contributed by atoms with Gasteiger partial charge in [0.25, 0.3) is 0 Å². The number of benzene rings is 1. The zero-order chi connectivity index (χ0) is 13.4. The van der Waals surface area contributed by atoms with Crippen molar-refractivity contribution < 1.29 is 14.6 Å². The number of carbonyl (C=O) groups is 1. The predicted molar refractivity (Wildman–Crippen MR) is 71.4 cm³/mol. The van der Waals surface area contributed by atoms with E-state index in [0.29, 0.717) is 18.6 Å². The summed E-state index contributed by atoms with van der Waals surface area (Å²) in [6, 6.07) is 9.15. The van der Waals surface area contributed by atoms with E-state index in [1.807, 2.05) is 44.2 Å². The van der Waals surface area contributed by atoms with Crippen molar-refractivity contribution >= 4 is 5.97 Å². The lowest BCUT2D eigenvalue weighted by Crippen LogP contribution is -2.38. The molecule has 0 aromatic heterocycles. The first kappa shape index (κ1) is 14.5. The highest BCUT2D eigenvalue weighted by Gasteiger charge is 2.40. The number of carboxylic acids is 1. The normalized spacial score (nSPS) is 14.6. The third-order valence-corrected chi connectivity index (χ3v) is 2.85. The van der Waals surface area contributed by atoms with Gasteiger partial charge < -0.3 is 9.84 Å². The van der Waals surface area contributed by atoms with E-state index in [2.05, 4.69) is 0 Å². The fraction of sp³-hybridized carbons (Fsp3) is 0.400. The minimum absolute atomic E-state index is 0.303. The quantitative estimate of drug-likeness (QED) is 0.753. The maximum atomic E-state index is 11.7. The summed E-state index contributed by atoms with van der Waals surface area (Å²) in [6.45, 7) is 4.14. The van der Waals surface area contributed by atoms with Gasteiger partial charge in [0.1, 0.15) is 0 Å². The van der Waals surface area contributed by atoms with Crippen LogP contribution in [0.3, 0.4) is 0 Å². The lowest BCUT2D eigenvalue weighted by atomic mass is 9.89. The van der Waals surface area contributed by atoms with Crippen LogP contribution in [0.2, 0.25) is 0 Å². The summed E-state index contributed by atoms with van der Waals surface area (Å²) in [6.07, 6.45) is 4.88. The number of rotatable bonds is 7. The number of aliphatic carboxylic acids is 1. The van der Waals surface area contributed by atoms with Gasteiger partial charge >= 0.3 is 5.97 Å². The molecule has 1 unspecified atom stereocenters. The fourth-order valence-corrected chi connectivity index (χ4v) is 1.94. The predicted octanol–water partition coefficient (Wildman–Crippen LogP) is 3.36. The van der Waals surface area contributed by atoms with Gasteiger partial charge in [-0.25, -0.2) is 4.79 Å². The molecule has 0 spiro atoms. The van der Waals surface area contributed by atoms with Crippen molar-refractivity contribution in [2.24, 2.45) is 0 Å². The molecule has 0 radical (unpaired) electrons. The van der Waals surface area contributed by atoms with Gasteiger partial charge in [-0.15, -0.1) is 0 Å². The monoisotopic (exact) mass is 248 g/mol. The first-order valence-corrected chi connectivity index (χ1v) is 6.21. The Kier molecular flexibility index (Phi) is 5.59. The molecule has 0 aliphatic rings. The summed E-state index contributed by atoms with van der Waals surface area (Å²) in [5.74, 6) is -0.931. The number of allylic oxidation sites excluding steroid dienone is 1. The van der Waals surface area contributed by atoms with Crippen molar-refractivity contribution in [3.63, 3.8) is 0 Å². The van der Waals surface area contributed by atoms with Crippen molar-refractivity contribution in [1.82, 2.24) is 0 Å². The van der Waals surface area contributed by atoms with E-state index in [-0.39, 0.29) is 0 Å². The summed E-state index contributed by atoms with van der Waals surface area (Å²) < 4.78 is 5.67. The number of carboxylic acid groups (broad SMARTS) is 1. The molecule has 0 amide bonds. The van der Waals surface area contributed by atoms with Crippen LogP contribution in [0.25, 0.3) is 0 Å². The summed E-state index contributed by atoms with van der Waals surface area (Å²) in [4.78, 5) is 11.7. The number of ether oxygens (including phenoxy) is 1. The van der Waals surface area contributed by atoms with Crippen LogP contribution in [0, 0.1) is 0 Å². The van der Waals surface area contributed by atoms with E-state index in [1.54, 1.807) is 12.1 Å².